The van der Waals surface area contributed by atoms with E-state index in [2.05, 4.69) is 0 Å². The van der Waals surface area contributed by atoms with Crippen LogP contribution in [0.25, 0.3) is 0 Å². The molecule has 0 aromatic rings. The van der Waals surface area contributed by atoms with Crippen LogP contribution in [-0.4, -0.2) is 11.0 Å². The average Bonchev–Trinajstić information content (AvgIpc) is 2.43. The Morgan fingerprint density at radius 2 is 2.45 bits per heavy atom. The van der Waals surface area contributed by atoms with Crippen LogP contribution in [0, 0.1) is 11.3 Å². The van der Waals surface area contributed by atoms with E-state index in [1.165, 1.54) is 0 Å². The molecule has 0 radical (unpaired) electrons. The number of hydrogen-bond donors (Lipinski definition) is 0. The number of ketones is 1. The van der Waals surface area contributed by atoms with Crippen molar-refractivity contribution >= 4 is 22.6 Å². The maximum Gasteiger partial charge on any atom is 0.239 e. The number of hydrogen-bond acceptors (Lipinski definition) is 2. The third-order valence-electron chi connectivity index (χ3n) is 2.53. The molecular formula is C8H7ClO2. The van der Waals surface area contributed by atoms with E-state index < -0.39 is 10.7 Å². The Kier molecular flexibility index (Phi) is 1.25. The molecule has 0 aromatic carbocycles. The molecule has 2 unspecified atom stereocenters. The summed E-state index contributed by atoms with van der Waals surface area (Å²) in [7, 11) is 0. The number of carbonyl (C=O) groups excluding carboxylic acids is 2. The van der Waals surface area contributed by atoms with Gasteiger partial charge in [-0.15, -0.1) is 0 Å². The van der Waals surface area contributed by atoms with Gasteiger partial charge in [0, 0.05) is 6.42 Å². The smallest absolute Gasteiger partial charge is 0.239 e. The van der Waals surface area contributed by atoms with Crippen LogP contribution in [0.2, 0.25) is 0 Å². The second kappa shape index (κ2) is 1.95. The van der Waals surface area contributed by atoms with Gasteiger partial charge in [0.15, 0.2) is 5.78 Å². The fraction of sp³-hybridized carbons (Fsp3) is 0.500. The fourth-order valence-electron chi connectivity index (χ4n) is 1.87. The number of fused-ring (bicyclic) bond motifs is 2. The van der Waals surface area contributed by atoms with Crippen LogP contribution in [0.15, 0.2) is 12.2 Å². The van der Waals surface area contributed by atoms with Crippen molar-refractivity contribution in [3.63, 3.8) is 0 Å². The monoisotopic (exact) mass is 170 g/mol. The molecule has 0 aromatic heterocycles. The minimum Gasteiger partial charge on any atom is -0.298 e. The van der Waals surface area contributed by atoms with E-state index in [-0.39, 0.29) is 11.7 Å². The lowest BCUT2D eigenvalue weighted by atomic mass is 9.88. The second-order valence-corrected chi connectivity index (χ2v) is 3.54. The van der Waals surface area contributed by atoms with Gasteiger partial charge in [0.1, 0.15) is 5.41 Å². The van der Waals surface area contributed by atoms with Gasteiger partial charge in [0.05, 0.1) is 0 Å². The zero-order chi connectivity index (χ0) is 8.06. The molecule has 2 nitrogen and oxygen atoms in total. The molecule has 2 aliphatic rings. The van der Waals surface area contributed by atoms with Crippen LogP contribution in [0.4, 0.5) is 0 Å². The lowest BCUT2D eigenvalue weighted by Crippen LogP contribution is -2.29. The van der Waals surface area contributed by atoms with Crippen molar-refractivity contribution in [2.24, 2.45) is 11.3 Å². The number of halogens is 1. The van der Waals surface area contributed by atoms with Crippen molar-refractivity contribution in [1.29, 1.82) is 0 Å². The van der Waals surface area contributed by atoms with Crippen LogP contribution >= 0.6 is 11.6 Å². The fourth-order valence-corrected chi connectivity index (χ4v) is 2.12. The highest BCUT2D eigenvalue weighted by molar-refractivity contribution is 6.67. The van der Waals surface area contributed by atoms with Crippen LogP contribution in [0.5, 0.6) is 0 Å². The SMILES string of the molecule is O=C(Cl)C12C=CC(CC1=O)C2. The molecule has 3 heteroatoms. The summed E-state index contributed by atoms with van der Waals surface area (Å²) in [6.45, 7) is 0. The molecule has 1 saturated carbocycles. The first-order chi connectivity index (χ1) is 5.15. The molecule has 2 bridgehead atoms. The molecule has 0 spiro atoms. The molecule has 2 atom stereocenters. The number of rotatable bonds is 1. The molecule has 2 aliphatic carbocycles. The Labute approximate surface area is 69.2 Å². The van der Waals surface area contributed by atoms with Gasteiger partial charge in [-0.1, -0.05) is 12.2 Å². The van der Waals surface area contributed by atoms with Gasteiger partial charge < -0.3 is 0 Å². The van der Waals surface area contributed by atoms with Crippen LogP contribution < -0.4 is 0 Å². The van der Waals surface area contributed by atoms with Gasteiger partial charge >= 0.3 is 0 Å². The zero-order valence-corrected chi connectivity index (χ0v) is 6.60. The van der Waals surface area contributed by atoms with E-state index in [4.69, 9.17) is 11.6 Å². The predicted octanol–water partition coefficient (Wildman–Crippen LogP) is 1.29. The summed E-state index contributed by atoms with van der Waals surface area (Å²) >= 11 is 5.35. The van der Waals surface area contributed by atoms with Crippen molar-refractivity contribution in [2.45, 2.75) is 12.8 Å². The quantitative estimate of drug-likeness (QED) is 0.338. The summed E-state index contributed by atoms with van der Waals surface area (Å²) in [5, 5.41) is -0.515. The van der Waals surface area contributed by atoms with Gasteiger partial charge in [-0.25, -0.2) is 0 Å². The normalized spacial score (nSPS) is 40.1. The molecular weight excluding hydrogens is 164 g/mol. The lowest BCUT2D eigenvalue weighted by molar-refractivity contribution is -0.131. The van der Waals surface area contributed by atoms with Gasteiger partial charge in [-0.3, -0.25) is 9.59 Å². The summed E-state index contributed by atoms with van der Waals surface area (Å²) in [5.41, 5.74) is -0.924. The van der Waals surface area contributed by atoms with E-state index in [0.29, 0.717) is 12.8 Å². The first kappa shape index (κ1) is 7.04. The van der Waals surface area contributed by atoms with Gasteiger partial charge in [0.2, 0.25) is 5.24 Å². The Hall–Kier alpha value is -0.630. The number of carbonyl (C=O) groups is 2. The molecule has 0 saturated heterocycles. The van der Waals surface area contributed by atoms with Crippen molar-refractivity contribution < 1.29 is 9.59 Å². The molecule has 2 rings (SSSR count). The highest BCUT2D eigenvalue weighted by atomic mass is 35.5. The van der Waals surface area contributed by atoms with Crippen molar-refractivity contribution in [1.82, 2.24) is 0 Å². The number of allylic oxidation sites excluding steroid dienone is 2. The Morgan fingerprint density at radius 1 is 1.73 bits per heavy atom. The van der Waals surface area contributed by atoms with Crippen LogP contribution in [0.3, 0.4) is 0 Å². The Bertz CT molecular complexity index is 269. The molecule has 0 aliphatic heterocycles. The van der Waals surface area contributed by atoms with Crippen molar-refractivity contribution in [3.8, 4) is 0 Å². The van der Waals surface area contributed by atoms with E-state index in [0.717, 1.165) is 0 Å². The minimum absolute atomic E-state index is 0.00926. The maximum absolute atomic E-state index is 11.2. The first-order valence-electron chi connectivity index (χ1n) is 3.58. The summed E-state index contributed by atoms with van der Waals surface area (Å²) < 4.78 is 0. The molecule has 58 valence electrons. The van der Waals surface area contributed by atoms with Crippen LogP contribution in [-0.2, 0) is 9.59 Å². The highest BCUT2D eigenvalue weighted by Gasteiger charge is 2.52. The molecule has 0 heterocycles. The van der Waals surface area contributed by atoms with Crippen molar-refractivity contribution in [2.75, 3.05) is 0 Å². The minimum atomic E-state index is -0.924. The third kappa shape index (κ3) is 0.732. The third-order valence-corrected chi connectivity index (χ3v) is 2.87. The van der Waals surface area contributed by atoms with Gasteiger partial charge in [0.25, 0.3) is 0 Å². The van der Waals surface area contributed by atoms with E-state index in [1.807, 2.05) is 6.08 Å². The molecule has 11 heavy (non-hydrogen) atoms. The zero-order valence-electron chi connectivity index (χ0n) is 5.84. The molecule has 0 amide bonds. The van der Waals surface area contributed by atoms with Crippen molar-refractivity contribution in [3.05, 3.63) is 12.2 Å². The summed E-state index contributed by atoms with van der Waals surface area (Å²) in [6.07, 6.45) is 4.68. The largest absolute Gasteiger partial charge is 0.298 e. The summed E-state index contributed by atoms with van der Waals surface area (Å²) in [4.78, 5) is 22.2. The lowest BCUT2D eigenvalue weighted by Gasteiger charge is -2.14. The Morgan fingerprint density at radius 3 is 2.73 bits per heavy atom. The van der Waals surface area contributed by atoms with Crippen LogP contribution in [0.1, 0.15) is 12.8 Å². The number of Topliss-reactive ketones (excluding diaryl/α,β-unsaturated/α-hetero) is 1. The Balaban J connectivity index is 2.46. The van der Waals surface area contributed by atoms with Gasteiger partial charge in [-0.2, -0.15) is 0 Å². The average molecular weight is 171 g/mol. The molecule has 0 N–H and O–H groups in total. The van der Waals surface area contributed by atoms with E-state index in [9.17, 15) is 9.59 Å². The second-order valence-electron chi connectivity index (χ2n) is 3.20. The highest BCUT2D eigenvalue weighted by Crippen LogP contribution is 2.47. The predicted molar refractivity (Wildman–Crippen MR) is 40.2 cm³/mol. The standard InChI is InChI=1S/C8H7ClO2/c9-7(11)8-2-1-5(4-8)3-6(8)10/h1-2,5H,3-4H2. The topological polar surface area (TPSA) is 34.1 Å². The summed E-state index contributed by atoms with van der Waals surface area (Å²) in [5.74, 6) is 0.259. The first-order valence-corrected chi connectivity index (χ1v) is 3.95. The molecule has 1 fully saturated rings. The van der Waals surface area contributed by atoms with E-state index in [1.54, 1.807) is 6.08 Å². The van der Waals surface area contributed by atoms with Gasteiger partial charge in [-0.05, 0) is 23.9 Å². The van der Waals surface area contributed by atoms with E-state index >= 15 is 0 Å². The maximum atomic E-state index is 11.2. The summed E-state index contributed by atoms with van der Waals surface area (Å²) in [6, 6.07) is 0.